The number of Topliss-reactive ketones (excluding diaryl/α,β-unsaturated/α-hetero) is 1. The second kappa shape index (κ2) is 8.93. The molecule has 1 fully saturated rings. The normalized spacial score (nSPS) is 17.8. The van der Waals surface area contributed by atoms with Crippen LogP contribution in [0.1, 0.15) is 40.7 Å². The van der Waals surface area contributed by atoms with Gasteiger partial charge in [0.25, 0.3) is 0 Å². The van der Waals surface area contributed by atoms with Crippen molar-refractivity contribution >= 4 is 17.5 Å². The number of nitrogens with zero attached hydrogens (tertiary/aromatic N) is 3. The predicted molar refractivity (Wildman–Crippen MR) is 118 cm³/mol. The van der Waals surface area contributed by atoms with Crippen molar-refractivity contribution in [3.05, 3.63) is 65.0 Å². The van der Waals surface area contributed by atoms with E-state index in [9.17, 15) is 9.18 Å². The second-order valence-electron chi connectivity index (χ2n) is 8.11. The number of hydrogen-bond donors (Lipinski definition) is 0. The summed E-state index contributed by atoms with van der Waals surface area (Å²) in [6.45, 7) is 1.38. The molecule has 160 valence electrons. The van der Waals surface area contributed by atoms with E-state index in [-0.39, 0.29) is 17.7 Å². The van der Waals surface area contributed by atoms with Gasteiger partial charge in [-0.3, -0.25) is 9.36 Å². The molecule has 0 saturated carbocycles. The highest BCUT2D eigenvalue weighted by molar-refractivity contribution is 7.99. The minimum Gasteiger partial charge on any atom is -0.376 e. The number of halogens is 1. The molecule has 5 rings (SSSR count). The first-order valence-electron chi connectivity index (χ1n) is 10.8. The highest BCUT2D eigenvalue weighted by atomic mass is 32.2. The molecule has 2 heterocycles. The lowest BCUT2D eigenvalue weighted by Gasteiger charge is -2.14. The van der Waals surface area contributed by atoms with Crippen molar-refractivity contribution in [1.29, 1.82) is 0 Å². The van der Waals surface area contributed by atoms with Crippen molar-refractivity contribution < 1.29 is 13.9 Å². The summed E-state index contributed by atoms with van der Waals surface area (Å²) in [5.41, 5.74) is 4.22. The van der Waals surface area contributed by atoms with Gasteiger partial charge in [-0.25, -0.2) is 4.39 Å². The van der Waals surface area contributed by atoms with Gasteiger partial charge in [-0.05, 0) is 73.6 Å². The molecule has 1 saturated heterocycles. The van der Waals surface area contributed by atoms with Crippen molar-refractivity contribution in [3.8, 4) is 11.4 Å². The van der Waals surface area contributed by atoms with Crippen molar-refractivity contribution in [1.82, 2.24) is 14.8 Å². The van der Waals surface area contributed by atoms with Crippen LogP contribution in [-0.4, -0.2) is 39.0 Å². The zero-order chi connectivity index (χ0) is 21.2. The van der Waals surface area contributed by atoms with Crippen LogP contribution in [0.2, 0.25) is 0 Å². The third-order valence-electron chi connectivity index (χ3n) is 5.98. The summed E-state index contributed by atoms with van der Waals surface area (Å²) < 4.78 is 21.2. The summed E-state index contributed by atoms with van der Waals surface area (Å²) in [5, 5.41) is 9.40. The van der Waals surface area contributed by atoms with Crippen LogP contribution in [0.5, 0.6) is 0 Å². The topological polar surface area (TPSA) is 57.0 Å². The van der Waals surface area contributed by atoms with Crippen molar-refractivity contribution in [3.63, 3.8) is 0 Å². The molecule has 0 radical (unpaired) electrons. The van der Waals surface area contributed by atoms with Gasteiger partial charge in [0.05, 0.1) is 18.4 Å². The van der Waals surface area contributed by atoms with Gasteiger partial charge in [-0.2, -0.15) is 0 Å². The standard InChI is InChI=1S/C24H24FN3O2S/c25-20-10-8-17(9-11-20)23-26-27-24(28(23)14-21-5-2-12-30-21)31-15-22(29)19-7-6-16-3-1-4-18(16)13-19/h6-11,13,21H,1-5,12,14-15H2. The quantitative estimate of drug-likeness (QED) is 0.395. The zero-order valence-corrected chi connectivity index (χ0v) is 18.0. The summed E-state index contributed by atoms with van der Waals surface area (Å²) in [6.07, 6.45) is 5.45. The van der Waals surface area contributed by atoms with E-state index in [1.807, 2.05) is 16.7 Å². The van der Waals surface area contributed by atoms with Crippen LogP contribution < -0.4 is 0 Å². The molecule has 1 aliphatic carbocycles. The number of ketones is 1. The van der Waals surface area contributed by atoms with E-state index in [0.717, 1.165) is 43.4 Å². The van der Waals surface area contributed by atoms with E-state index in [4.69, 9.17) is 4.74 Å². The Labute approximate surface area is 185 Å². The average Bonchev–Trinajstić information content (AvgIpc) is 3.54. The van der Waals surface area contributed by atoms with Crippen LogP contribution in [0.4, 0.5) is 4.39 Å². The van der Waals surface area contributed by atoms with Crippen LogP contribution in [-0.2, 0) is 24.1 Å². The Hall–Kier alpha value is -2.51. The first-order valence-corrected chi connectivity index (χ1v) is 11.7. The molecule has 2 aliphatic rings. The first-order chi connectivity index (χ1) is 15.2. The third-order valence-corrected chi connectivity index (χ3v) is 6.95. The monoisotopic (exact) mass is 437 g/mol. The van der Waals surface area contributed by atoms with Crippen molar-refractivity contribution in [2.45, 2.75) is 49.9 Å². The Balaban J connectivity index is 1.36. The number of aromatic nitrogens is 3. The Morgan fingerprint density at radius 1 is 1.10 bits per heavy atom. The highest BCUT2D eigenvalue weighted by Crippen LogP contribution is 2.28. The molecule has 0 N–H and O–H groups in total. The molecule has 2 aromatic carbocycles. The highest BCUT2D eigenvalue weighted by Gasteiger charge is 2.23. The lowest BCUT2D eigenvalue weighted by atomic mass is 10.0. The molecule has 1 atom stereocenters. The third kappa shape index (κ3) is 4.43. The number of thioether (sulfide) groups is 1. The van der Waals surface area contributed by atoms with Crippen LogP contribution in [0.3, 0.4) is 0 Å². The minimum absolute atomic E-state index is 0.0923. The molecular weight excluding hydrogens is 413 g/mol. The number of rotatable bonds is 7. The fraction of sp³-hybridized carbons (Fsp3) is 0.375. The number of aryl methyl sites for hydroxylation is 2. The predicted octanol–water partition coefficient (Wildman–Crippen LogP) is 4.73. The van der Waals surface area contributed by atoms with Crippen LogP contribution in [0, 0.1) is 5.82 Å². The molecule has 3 aromatic rings. The molecule has 0 amide bonds. The summed E-state index contributed by atoms with van der Waals surface area (Å²) in [6, 6.07) is 12.3. The van der Waals surface area contributed by atoms with E-state index >= 15 is 0 Å². The van der Waals surface area contributed by atoms with Crippen molar-refractivity contribution in [2.24, 2.45) is 0 Å². The van der Waals surface area contributed by atoms with E-state index in [2.05, 4.69) is 16.3 Å². The van der Waals surface area contributed by atoms with Gasteiger partial charge in [0.15, 0.2) is 16.8 Å². The van der Waals surface area contributed by atoms with Crippen LogP contribution >= 0.6 is 11.8 Å². The number of benzene rings is 2. The fourth-order valence-electron chi connectivity index (χ4n) is 4.32. The molecule has 7 heteroatoms. The SMILES string of the molecule is O=C(CSc1nnc(-c2ccc(F)cc2)n1CC1CCCO1)c1ccc2c(c1)CCC2. The molecule has 31 heavy (non-hydrogen) atoms. The lowest BCUT2D eigenvalue weighted by Crippen LogP contribution is -2.17. The van der Waals surface area contributed by atoms with E-state index in [1.165, 1.54) is 41.4 Å². The molecule has 0 bridgehead atoms. The molecule has 1 aromatic heterocycles. The molecule has 5 nitrogen and oxygen atoms in total. The Kier molecular flexibility index (Phi) is 5.87. The second-order valence-corrected chi connectivity index (χ2v) is 9.05. The summed E-state index contributed by atoms with van der Waals surface area (Å²) in [4.78, 5) is 12.8. The fourth-order valence-corrected chi connectivity index (χ4v) is 5.17. The Morgan fingerprint density at radius 3 is 2.74 bits per heavy atom. The first kappa shape index (κ1) is 20.4. The number of fused-ring (bicyclic) bond motifs is 1. The van der Waals surface area contributed by atoms with Crippen LogP contribution in [0.25, 0.3) is 11.4 Å². The smallest absolute Gasteiger partial charge is 0.192 e. The molecule has 0 spiro atoms. The zero-order valence-electron chi connectivity index (χ0n) is 17.2. The van der Waals surface area contributed by atoms with E-state index in [1.54, 1.807) is 12.1 Å². The maximum atomic E-state index is 13.4. The summed E-state index contributed by atoms with van der Waals surface area (Å²) in [5.74, 6) is 0.771. The van der Waals surface area contributed by atoms with Gasteiger partial charge in [-0.15, -0.1) is 10.2 Å². The number of ether oxygens (including phenoxy) is 1. The molecular formula is C24H24FN3O2S. The van der Waals surface area contributed by atoms with Crippen molar-refractivity contribution in [2.75, 3.05) is 12.4 Å². The largest absolute Gasteiger partial charge is 0.376 e. The van der Waals surface area contributed by atoms with Gasteiger partial charge in [0.2, 0.25) is 0 Å². The van der Waals surface area contributed by atoms with Gasteiger partial charge in [0.1, 0.15) is 5.82 Å². The number of carbonyl (C=O) groups is 1. The Bertz CT molecular complexity index is 1090. The van der Waals surface area contributed by atoms with E-state index < -0.39 is 0 Å². The minimum atomic E-state index is -0.288. The number of carbonyl (C=O) groups excluding carboxylic acids is 1. The average molecular weight is 438 g/mol. The van der Waals surface area contributed by atoms with Gasteiger partial charge in [0, 0.05) is 17.7 Å². The van der Waals surface area contributed by atoms with Gasteiger partial charge in [-0.1, -0.05) is 23.9 Å². The van der Waals surface area contributed by atoms with E-state index in [0.29, 0.717) is 23.3 Å². The summed E-state index contributed by atoms with van der Waals surface area (Å²) >= 11 is 1.40. The number of hydrogen-bond acceptors (Lipinski definition) is 5. The molecule has 1 aliphatic heterocycles. The van der Waals surface area contributed by atoms with Gasteiger partial charge >= 0.3 is 0 Å². The summed E-state index contributed by atoms with van der Waals surface area (Å²) in [7, 11) is 0. The molecule has 1 unspecified atom stereocenters. The maximum Gasteiger partial charge on any atom is 0.192 e. The lowest BCUT2D eigenvalue weighted by molar-refractivity contribution is 0.0953. The van der Waals surface area contributed by atoms with Gasteiger partial charge < -0.3 is 4.74 Å². The van der Waals surface area contributed by atoms with Crippen LogP contribution in [0.15, 0.2) is 47.6 Å². The maximum absolute atomic E-state index is 13.4. The Morgan fingerprint density at radius 2 is 1.94 bits per heavy atom.